The van der Waals surface area contributed by atoms with Crippen LogP contribution in [-0.2, 0) is 11.9 Å². The van der Waals surface area contributed by atoms with Crippen molar-refractivity contribution in [3.05, 3.63) is 53.7 Å². The summed E-state index contributed by atoms with van der Waals surface area (Å²) in [5.41, 5.74) is 1.90. The van der Waals surface area contributed by atoms with Gasteiger partial charge in [0.2, 0.25) is 5.82 Å². The third-order valence-corrected chi connectivity index (χ3v) is 3.67. The zero-order valence-corrected chi connectivity index (χ0v) is 14.6. The average molecular weight is 382 g/mol. The van der Waals surface area contributed by atoms with Gasteiger partial charge >= 0.3 is 11.3 Å². The highest BCUT2D eigenvalue weighted by Gasteiger charge is 2.35. The van der Waals surface area contributed by atoms with Crippen LogP contribution >= 0.6 is 11.6 Å². The van der Waals surface area contributed by atoms with Gasteiger partial charge in [-0.3, -0.25) is 9.48 Å². The largest absolute Gasteiger partial charge is 0.400 e. The summed E-state index contributed by atoms with van der Waals surface area (Å²) in [6.07, 6.45) is 3.16. The van der Waals surface area contributed by atoms with Crippen LogP contribution in [0.3, 0.4) is 0 Å². The quantitative estimate of drug-likeness (QED) is 0.635. The lowest BCUT2D eigenvalue weighted by atomic mass is 10.1. The molecule has 0 aliphatic carbocycles. The Labute approximate surface area is 152 Å². The van der Waals surface area contributed by atoms with E-state index in [2.05, 4.69) is 19.8 Å². The molecule has 136 valence electrons. The van der Waals surface area contributed by atoms with Gasteiger partial charge in [-0.05, 0) is 17.2 Å². The normalized spacial score (nSPS) is 11.6. The molecule has 0 spiro atoms. The topological polar surface area (TPSA) is 77.0 Å². The minimum Gasteiger partial charge on any atom is -0.345 e. The Kier molecular flexibility index (Phi) is 4.73. The molecule has 10 heteroatoms. The lowest BCUT2D eigenvalue weighted by molar-refractivity contribution is 0.0551. The van der Waals surface area contributed by atoms with Crippen molar-refractivity contribution >= 4 is 17.5 Å². The van der Waals surface area contributed by atoms with Gasteiger partial charge in [0.25, 0.3) is 5.91 Å². The van der Waals surface area contributed by atoms with E-state index in [1.165, 1.54) is 11.1 Å². The third kappa shape index (κ3) is 3.88. The molecule has 0 radical (unpaired) electrons. The highest BCUT2D eigenvalue weighted by Crippen LogP contribution is 2.32. The van der Waals surface area contributed by atoms with Crippen molar-refractivity contribution in [2.75, 3.05) is 14.1 Å². The molecule has 26 heavy (non-hydrogen) atoms. The van der Waals surface area contributed by atoms with E-state index >= 15 is 0 Å². The van der Waals surface area contributed by atoms with E-state index in [-0.39, 0.29) is 11.7 Å². The van der Waals surface area contributed by atoms with Crippen LogP contribution in [-0.4, -0.2) is 44.8 Å². The number of hydrogen-bond donors (Lipinski definition) is 0. The van der Waals surface area contributed by atoms with E-state index < -0.39 is 11.3 Å². The summed E-state index contributed by atoms with van der Waals surface area (Å²) in [5.74, 6) is -1.06. The highest BCUT2D eigenvalue weighted by atomic mass is 35.5. The third-order valence-electron chi connectivity index (χ3n) is 3.51. The van der Waals surface area contributed by atoms with Crippen molar-refractivity contribution in [3.8, 4) is 11.4 Å². The van der Waals surface area contributed by atoms with E-state index in [4.69, 9.17) is 11.6 Å². The van der Waals surface area contributed by atoms with Crippen LogP contribution in [0, 0.1) is 0 Å². The Bertz CT molecular complexity index is 915. The first-order valence-electron chi connectivity index (χ1n) is 7.48. The minimum atomic E-state index is -3.70. The Morgan fingerprint density at radius 2 is 2.00 bits per heavy atom. The van der Waals surface area contributed by atoms with Gasteiger partial charge in [0, 0.05) is 25.9 Å². The molecule has 0 saturated carbocycles. The van der Waals surface area contributed by atoms with E-state index in [9.17, 15) is 13.6 Å². The maximum atomic E-state index is 12.9. The van der Waals surface area contributed by atoms with Gasteiger partial charge in [0.05, 0.1) is 18.3 Å². The molecule has 3 rings (SSSR count). The number of aromatic nitrogens is 4. The van der Waals surface area contributed by atoms with Crippen LogP contribution < -0.4 is 0 Å². The van der Waals surface area contributed by atoms with E-state index in [1.807, 2.05) is 0 Å². The molecule has 0 fully saturated rings. The Morgan fingerprint density at radius 3 is 2.58 bits per heavy atom. The van der Waals surface area contributed by atoms with Crippen LogP contribution in [0.4, 0.5) is 8.78 Å². The lowest BCUT2D eigenvalue weighted by Gasteiger charge is -2.07. The number of halogens is 3. The molecule has 0 aliphatic rings. The highest BCUT2D eigenvalue weighted by molar-refractivity contribution is 6.21. The standard InChI is InChI=1S/C16H14ClF2N5O2/c1-23(2)14(25)12-7-20-24(9-12)8-10-3-5-11(6-4-10)13-21-15(26-22-13)16(17,18)19/h3-7,9H,8H2,1-2H3. The number of benzene rings is 1. The number of nitrogens with zero attached hydrogens (tertiary/aromatic N) is 5. The summed E-state index contributed by atoms with van der Waals surface area (Å²) in [6.45, 7) is 0.443. The summed E-state index contributed by atoms with van der Waals surface area (Å²) in [6, 6.07) is 6.90. The number of alkyl halides is 3. The number of carbonyl (C=O) groups excluding carboxylic acids is 1. The van der Waals surface area contributed by atoms with Crippen LogP contribution in [0.1, 0.15) is 21.8 Å². The molecule has 2 heterocycles. The predicted molar refractivity (Wildman–Crippen MR) is 88.8 cm³/mol. The summed E-state index contributed by atoms with van der Waals surface area (Å²) >= 11 is 4.85. The van der Waals surface area contributed by atoms with Crippen molar-refractivity contribution in [2.45, 2.75) is 11.9 Å². The molecule has 0 bridgehead atoms. The molecule has 7 nitrogen and oxygen atoms in total. The molecule has 0 aliphatic heterocycles. The molecule has 0 unspecified atom stereocenters. The zero-order valence-electron chi connectivity index (χ0n) is 13.9. The molecule has 2 aromatic heterocycles. The van der Waals surface area contributed by atoms with Gasteiger partial charge in [-0.2, -0.15) is 18.9 Å². The number of carbonyl (C=O) groups is 1. The van der Waals surface area contributed by atoms with Gasteiger partial charge in [-0.15, -0.1) is 0 Å². The Hall–Kier alpha value is -2.81. The van der Waals surface area contributed by atoms with Gasteiger partial charge in [0.15, 0.2) is 0 Å². The first kappa shape index (κ1) is 18.0. The number of rotatable bonds is 5. The fourth-order valence-corrected chi connectivity index (χ4v) is 2.30. The van der Waals surface area contributed by atoms with Crippen molar-refractivity contribution < 1.29 is 18.1 Å². The first-order valence-corrected chi connectivity index (χ1v) is 7.86. The predicted octanol–water partition coefficient (Wildman–Crippen LogP) is 2.97. The SMILES string of the molecule is CN(C)C(=O)c1cnn(Cc2ccc(-c3noc(C(F)(F)Cl)n3)cc2)c1. The summed E-state index contributed by atoms with van der Waals surface area (Å²) in [5, 5.41) is 3.95. The summed E-state index contributed by atoms with van der Waals surface area (Å²) in [4.78, 5) is 16.9. The van der Waals surface area contributed by atoms with E-state index in [0.29, 0.717) is 17.7 Å². The minimum absolute atomic E-state index is 0.0184. The second-order valence-electron chi connectivity index (χ2n) is 5.74. The van der Waals surface area contributed by atoms with E-state index in [1.54, 1.807) is 49.2 Å². The van der Waals surface area contributed by atoms with Crippen molar-refractivity contribution in [1.29, 1.82) is 0 Å². The zero-order chi connectivity index (χ0) is 18.9. The second-order valence-corrected chi connectivity index (χ2v) is 6.22. The molecular weight excluding hydrogens is 368 g/mol. The van der Waals surface area contributed by atoms with Crippen molar-refractivity contribution in [2.24, 2.45) is 0 Å². The monoisotopic (exact) mass is 381 g/mol. The molecule has 0 N–H and O–H groups in total. The first-order chi connectivity index (χ1) is 12.2. The Balaban J connectivity index is 1.72. The molecule has 3 aromatic rings. The second kappa shape index (κ2) is 6.83. The van der Waals surface area contributed by atoms with Gasteiger partial charge in [-0.1, -0.05) is 29.4 Å². The molecule has 0 saturated heterocycles. The number of amides is 1. The molecule has 0 atom stereocenters. The summed E-state index contributed by atoms with van der Waals surface area (Å²) < 4.78 is 32.0. The van der Waals surface area contributed by atoms with Gasteiger partial charge < -0.3 is 9.42 Å². The maximum Gasteiger partial charge on any atom is 0.400 e. The molecule has 1 amide bonds. The van der Waals surface area contributed by atoms with Crippen LogP contribution in [0.15, 0.2) is 41.2 Å². The van der Waals surface area contributed by atoms with Crippen molar-refractivity contribution in [1.82, 2.24) is 24.8 Å². The maximum absolute atomic E-state index is 12.9. The molecule has 1 aromatic carbocycles. The van der Waals surface area contributed by atoms with Crippen LogP contribution in [0.2, 0.25) is 0 Å². The number of hydrogen-bond acceptors (Lipinski definition) is 5. The fourth-order valence-electron chi connectivity index (χ4n) is 2.22. The van der Waals surface area contributed by atoms with Crippen molar-refractivity contribution in [3.63, 3.8) is 0 Å². The van der Waals surface area contributed by atoms with Crippen LogP contribution in [0.25, 0.3) is 11.4 Å². The van der Waals surface area contributed by atoms with Crippen LogP contribution in [0.5, 0.6) is 0 Å². The lowest BCUT2D eigenvalue weighted by Crippen LogP contribution is -2.21. The van der Waals surface area contributed by atoms with E-state index in [0.717, 1.165) is 5.56 Å². The average Bonchev–Trinajstić information content (AvgIpc) is 3.24. The smallest absolute Gasteiger partial charge is 0.345 e. The molecular formula is C16H14ClF2N5O2. The van der Waals surface area contributed by atoms with Gasteiger partial charge in [-0.25, -0.2) is 0 Å². The fraction of sp³-hybridized carbons (Fsp3) is 0.250. The van der Waals surface area contributed by atoms with Gasteiger partial charge in [0.1, 0.15) is 0 Å². The Morgan fingerprint density at radius 1 is 1.31 bits per heavy atom. The summed E-state index contributed by atoms with van der Waals surface area (Å²) in [7, 11) is 3.34.